The van der Waals surface area contributed by atoms with Gasteiger partial charge in [-0.15, -0.1) is 0 Å². The van der Waals surface area contributed by atoms with Crippen molar-refractivity contribution in [2.45, 2.75) is 148 Å². The molecule has 0 aromatic carbocycles. The number of carbonyl (C=O) groups excluding carboxylic acids is 2. The summed E-state index contributed by atoms with van der Waals surface area (Å²) in [5, 5.41) is 0. The maximum Gasteiger partial charge on any atom is 0.472 e. The number of hydrogen-bond acceptors (Lipinski definition) is 7. The fourth-order valence-electron chi connectivity index (χ4n) is 4.42. The van der Waals surface area contributed by atoms with E-state index >= 15 is 0 Å². The van der Waals surface area contributed by atoms with Crippen LogP contribution in [0, 0.1) is 0 Å². The standard InChI is InChI=1S/C32H64NO8P/c1-6-8-10-12-14-15-16-17-19-21-23-25-32(35)41-30(29-40-42(36,37)39-27-26-33(3,4)5)28-38-31(34)24-22-20-18-13-11-9-7-2/h30H,6-29H2,1-5H3/p+1/t30-/m1/s1. The van der Waals surface area contributed by atoms with Crippen LogP contribution >= 0.6 is 7.82 Å². The molecule has 0 aromatic rings. The summed E-state index contributed by atoms with van der Waals surface area (Å²) in [6.45, 7) is 4.35. The fourth-order valence-corrected chi connectivity index (χ4v) is 5.17. The summed E-state index contributed by atoms with van der Waals surface area (Å²) >= 11 is 0. The zero-order valence-electron chi connectivity index (χ0n) is 27.7. The number of likely N-dealkylation sites (N-methyl/N-ethyl adjacent to an activating group) is 1. The van der Waals surface area contributed by atoms with Gasteiger partial charge in [0, 0.05) is 12.8 Å². The van der Waals surface area contributed by atoms with Gasteiger partial charge in [-0.05, 0) is 12.8 Å². The van der Waals surface area contributed by atoms with Crippen molar-refractivity contribution in [3.63, 3.8) is 0 Å². The molecule has 0 fully saturated rings. The van der Waals surface area contributed by atoms with Gasteiger partial charge in [-0.2, -0.15) is 0 Å². The van der Waals surface area contributed by atoms with Crippen LogP contribution in [-0.4, -0.2) is 74.9 Å². The zero-order valence-corrected chi connectivity index (χ0v) is 28.6. The Labute approximate surface area is 257 Å². The summed E-state index contributed by atoms with van der Waals surface area (Å²) in [6, 6.07) is 0. The minimum Gasteiger partial charge on any atom is -0.462 e. The molecule has 0 aliphatic heterocycles. The average Bonchev–Trinajstić information content (AvgIpc) is 2.92. The first kappa shape index (κ1) is 41.0. The van der Waals surface area contributed by atoms with Gasteiger partial charge < -0.3 is 18.9 Å². The van der Waals surface area contributed by atoms with Gasteiger partial charge in [0.05, 0.1) is 27.7 Å². The zero-order chi connectivity index (χ0) is 31.5. The first-order valence-electron chi connectivity index (χ1n) is 16.8. The Morgan fingerprint density at radius 1 is 0.643 bits per heavy atom. The predicted molar refractivity (Wildman–Crippen MR) is 169 cm³/mol. The lowest BCUT2D eigenvalue weighted by atomic mass is 10.1. The van der Waals surface area contributed by atoms with Crippen LogP contribution in [0.1, 0.15) is 142 Å². The van der Waals surface area contributed by atoms with E-state index in [4.69, 9.17) is 18.5 Å². The van der Waals surface area contributed by atoms with Crippen LogP contribution in [0.5, 0.6) is 0 Å². The van der Waals surface area contributed by atoms with Crippen molar-refractivity contribution in [3.05, 3.63) is 0 Å². The van der Waals surface area contributed by atoms with E-state index in [1.807, 2.05) is 21.1 Å². The van der Waals surface area contributed by atoms with Crippen LogP contribution in [0.25, 0.3) is 0 Å². The molecule has 10 heteroatoms. The van der Waals surface area contributed by atoms with Gasteiger partial charge in [0.1, 0.15) is 19.8 Å². The molecule has 2 atom stereocenters. The summed E-state index contributed by atoms with van der Waals surface area (Å²) in [6.07, 6.45) is 20.2. The number of phosphoric ester groups is 1. The van der Waals surface area contributed by atoms with Crippen molar-refractivity contribution in [3.8, 4) is 0 Å². The Morgan fingerprint density at radius 3 is 1.52 bits per heavy atom. The summed E-state index contributed by atoms with van der Waals surface area (Å²) in [4.78, 5) is 34.8. The normalized spacial score (nSPS) is 14.0. The third kappa shape index (κ3) is 29.1. The van der Waals surface area contributed by atoms with Crippen LogP contribution in [-0.2, 0) is 32.7 Å². The maximum atomic E-state index is 12.5. The number of hydrogen-bond donors (Lipinski definition) is 1. The third-order valence-corrected chi connectivity index (χ3v) is 8.12. The van der Waals surface area contributed by atoms with Gasteiger partial charge in [-0.1, -0.05) is 117 Å². The predicted octanol–water partition coefficient (Wildman–Crippen LogP) is 8.12. The second-order valence-electron chi connectivity index (χ2n) is 12.6. The van der Waals surface area contributed by atoms with E-state index in [1.165, 1.54) is 77.0 Å². The molecule has 250 valence electrons. The summed E-state index contributed by atoms with van der Waals surface area (Å²) in [7, 11) is 1.48. The summed E-state index contributed by atoms with van der Waals surface area (Å²) < 4.78 is 33.9. The first-order chi connectivity index (χ1) is 20.0. The largest absolute Gasteiger partial charge is 0.472 e. The van der Waals surface area contributed by atoms with Crippen LogP contribution in [0.3, 0.4) is 0 Å². The molecule has 1 N–H and O–H groups in total. The number of phosphoric acid groups is 1. The second kappa shape index (κ2) is 26.4. The molecular formula is C32H65NO8P+. The van der Waals surface area contributed by atoms with Gasteiger partial charge >= 0.3 is 19.8 Å². The quantitative estimate of drug-likeness (QED) is 0.0370. The van der Waals surface area contributed by atoms with Crippen LogP contribution < -0.4 is 0 Å². The molecule has 0 radical (unpaired) electrons. The fraction of sp³-hybridized carbons (Fsp3) is 0.938. The molecule has 0 saturated heterocycles. The first-order valence-corrected chi connectivity index (χ1v) is 18.3. The second-order valence-corrected chi connectivity index (χ2v) is 14.0. The van der Waals surface area contributed by atoms with Crippen molar-refractivity contribution in [2.75, 3.05) is 47.5 Å². The van der Waals surface area contributed by atoms with E-state index in [2.05, 4.69) is 13.8 Å². The third-order valence-electron chi connectivity index (χ3n) is 7.14. The van der Waals surface area contributed by atoms with Crippen LogP contribution in [0.2, 0.25) is 0 Å². The van der Waals surface area contributed by atoms with Crippen molar-refractivity contribution in [1.82, 2.24) is 0 Å². The highest BCUT2D eigenvalue weighted by Crippen LogP contribution is 2.43. The number of carbonyl (C=O) groups is 2. The maximum absolute atomic E-state index is 12.5. The Kier molecular flexibility index (Phi) is 25.8. The smallest absolute Gasteiger partial charge is 0.462 e. The van der Waals surface area contributed by atoms with E-state index < -0.39 is 26.5 Å². The Balaban J connectivity index is 4.49. The molecule has 9 nitrogen and oxygen atoms in total. The number of esters is 2. The molecule has 0 saturated carbocycles. The van der Waals surface area contributed by atoms with Crippen molar-refractivity contribution in [1.29, 1.82) is 0 Å². The highest BCUT2D eigenvalue weighted by Gasteiger charge is 2.27. The Bertz CT molecular complexity index is 713. The summed E-state index contributed by atoms with van der Waals surface area (Å²) in [5.41, 5.74) is 0. The lowest BCUT2D eigenvalue weighted by molar-refractivity contribution is -0.870. The molecule has 42 heavy (non-hydrogen) atoms. The number of nitrogens with zero attached hydrogens (tertiary/aromatic N) is 1. The molecular weight excluding hydrogens is 557 g/mol. The highest BCUT2D eigenvalue weighted by molar-refractivity contribution is 7.47. The van der Waals surface area contributed by atoms with Crippen molar-refractivity contribution < 1.29 is 42.1 Å². The number of unbranched alkanes of at least 4 members (excludes halogenated alkanes) is 16. The van der Waals surface area contributed by atoms with Gasteiger partial charge in [-0.3, -0.25) is 18.6 Å². The van der Waals surface area contributed by atoms with E-state index in [0.717, 1.165) is 32.1 Å². The molecule has 0 spiro atoms. The van der Waals surface area contributed by atoms with E-state index in [9.17, 15) is 19.0 Å². The molecule has 0 aromatic heterocycles. The van der Waals surface area contributed by atoms with Crippen molar-refractivity contribution in [2.24, 2.45) is 0 Å². The van der Waals surface area contributed by atoms with Crippen LogP contribution in [0.15, 0.2) is 0 Å². The minimum atomic E-state index is -4.35. The van der Waals surface area contributed by atoms with Gasteiger partial charge in [-0.25, -0.2) is 4.57 Å². The molecule has 0 bridgehead atoms. The van der Waals surface area contributed by atoms with Gasteiger partial charge in [0.15, 0.2) is 6.10 Å². The molecule has 0 aliphatic carbocycles. The van der Waals surface area contributed by atoms with Crippen LogP contribution in [0.4, 0.5) is 0 Å². The number of rotatable bonds is 30. The topological polar surface area (TPSA) is 108 Å². The molecule has 0 heterocycles. The van der Waals surface area contributed by atoms with E-state index in [-0.39, 0.29) is 25.6 Å². The Morgan fingerprint density at radius 2 is 1.07 bits per heavy atom. The molecule has 1 unspecified atom stereocenters. The number of ether oxygens (including phenoxy) is 2. The van der Waals surface area contributed by atoms with E-state index in [0.29, 0.717) is 23.9 Å². The molecule has 0 rings (SSSR count). The molecule has 0 aliphatic rings. The lowest BCUT2D eigenvalue weighted by Gasteiger charge is -2.24. The minimum absolute atomic E-state index is 0.0357. The van der Waals surface area contributed by atoms with Gasteiger partial charge in [0.2, 0.25) is 0 Å². The Hall–Kier alpha value is -0.990. The van der Waals surface area contributed by atoms with E-state index in [1.54, 1.807) is 0 Å². The van der Waals surface area contributed by atoms with Crippen molar-refractivity contribution >= 4 is 19.8 Å². The molecule has 0 amide bonds. The number of quaternary nitrogens is 1. The average molecular weight is 623 g/mol. The highest BCUT2D eigenvalue weighted by atomic mass is 31.2. The lowest BCUT2D eigenvalue weighted by Crippen LogP contribution is -2.37. The van der Waals surface area contributed by atoms with Gasteiger partial charge in [0.25, 0.3) is 0 Å². The monoisotopic (exact) mass is 622 g/mol. The summed E-state index contributed by atoms with van der Waals surface area (Å²) in [5.74, 6) is -0.803. The SMILES string of the molecule is CCCCCCCCCCCCCC(=O)O[C@H](COC(=O)CCCCCCCCC)COP(=O)(O)OCC[N+](C)(C)C.